The van der Waals surface area contributed by atoms with Crippen LogP contribution >= 0.6 is 0 Å². The Morgan fingerprint density at radius 3 is 2.44 bits per heavy atom. The number of carbonyl (C=O) groups excluding carboxylic acids is 1. The highest BCUT2D eigenvalue weighted by atomic mass is 16.5. The Bertz CT molecular complexity index is 527. The summed E-state index contributed by atoms with van der Waals surface area (Å²) in [6.45, 7) is 3.83. The number of unbranched alkanes of at least 4 members (excludes halogenated alkanes) is 3. The molecule has 0 aliphatic heterocycles. The van der Waals surface area contributed by atoms with Gasteiger partial charge in [0.2, 0.25) is 5.91 Å². The number of likely N-dealkylation sites (N-methyl/N-ethyl adjacent to an activating group) is 1. The molecule has 0 radical (unpaired) electrons. The summed E-state index contributed by atoms with van der Waals surface area (Å²) in [6.07, 6.45) is 4.76. The number of nitrogens with one attached hydrogen (secondary N) is 2. The van der Waals surface area contributed by atoms with E-state index < -0.39 is 0 Å². The summed E-state index contributed by atoms with van der Waals surface area (Å²) in [5, 5.41) is 6.42. The van der Waals surface area contributed by atoms with Gasteiger partial charge in [0.15, 0.2) is 5.96 Å². The fourth-order valence-electron chi connectivity index (χ4n) is 2.15. The van der Waals surface area contributed by atoms with Crippen molar-refractivity contribution >= 4 is 11.9 Å². The van der Waals surface area contributed by atoms with Crippen LogP contribution in [-0.2, 0) is 11.3 Å². The fourth-order valence-corrected chi connectivity index (χ4v) is 2.15. The maximum atomic E-state index is 11.8. The van der Waals surface area contributed by atoms with Gasteiger partial charge >= 0.3 is 0 Å². The Balaban J connectivity index is 2.58. The predicted octanol–water partition coefficient (Wildman–Crippen LogP) is 2.40. The van der Waals surface area contributed by atoms with Crippen LogP contribution in [0, 0.1) is 0 Å². The van der Waals surface area contributed by atoms with Gasteiger partial charge in [-0.3, -0.25) is 4.79 Å². The lowest BCUT2D eigenvalue weighted by Crippen LogP contribution is -2.43. The molecule has 0 heterocycles. The maximum Gasteiger partial charge on any atom is 0.241 e. The molecule has 0 atom stereocenters. The van der Waals surface area contributed by atoms with Crippen molar-refractivity contribution in [1.82, 2.24) is 15.5 Å². The first kappa shape index (κ1) is 20.8. The largest absolute Gasteiger partial charge is 0.497 e. The Hall–Kier alpha value is -2.24. The van der Waals surface area contributed by atoms with Crippen LogP contribution in [0.25, 0.3) is 0 Å². The van der Waals surface area contributed by atoms with Crippen LogP contribution in [0.4, 0.5) is 0 Å². The molecule has 0 bridgehead atoms. The van der Waals surface area contributed by atoms with Gasteiger partial charge in [0.1, 0.15) is 5.75 Å². The minimum atomic E-state index is 0.0185. The smallest absolute Gasteiger partial charge is 0.241 e. The van der Waals surface area contributed by atoms with E-state index in [1.165, 1.54) is 19.3 Å². The standard InChI is InChI=1S/C19H32N4O2/c1-5-6-7-8-13-20-19(22-15-18(24)23(2)3)21-14-16-9-11-17(25-4)12-10-16/h9-12H,5-8,13-15H2,1-4H3,(H2,20,21,22). The molecule has 1 rings (SSSR count). The molecule has 0 saturated heterocycles. The number of benzene rings is 1. The fraction of sp³-hybridized carbons (Fsp3) is 0.579. The summed E-state index contributed by atoms with van der Waals surface area (Å²) in [4.78, 5) is 17.9. The lowest BCUT2D eigenvalue weighted by molar-refractivity contribution is -0.127. The van der Waals surface area contributed by atoms with Crippen molar-refractivity contribution in [3.63, 3.8) is 0 Å². The van der Waals surface area contributed by atoms with Gasteiger partial charge in [-0.2, -0.15) is 0 Å². The van der Waals surface area contributed by atoms with Gasteiger partial charge in [-0.25, -0.2) is 4.99 Å². The Morgan fingerprint density at radius 1 is 1.12 bits per heavy atom. The molecular formula is C19H32N4O2. The van der Waals surface area contributed by atoms with Gasteiger partial charge in [-0.1, -0.05) is 38.3 Å². The third kappa shape index (κ3) is 8.98. The summed E-state index contributed by atoms with van der Waals surface area (Å²) in [6, 6.07) is 7.83. The van der Waals surface area contributed by atoms with E-state index in [0.717, 1.165) is 24.3 Å². The third-order valence-electron chi connectivity index (χ3n) is 3.81. The Labute approximate surface area is 151 Å². The van der Waals surface area contributed by atoms with Crippen molar-refractivity contribution in [3.05, 3.63) is 29.8 Å². The lowest BCUT2D eigenvalue weighted by Gasteiger charge is -2.15. The number of carbonyl (C=O) groups is 1. The molecule has 6 nitrogen and oxygen atoms in total. The second kappa shape index (κ2) is 12.2. The van der Waals surface area contributed by atoms with Gasteiger partial charge in [-0.05, 0) is 24.1 Å². The minimum absolute atomic E-state index is 0.0185. The SMILES string of the molecule is CCCCCCNC(=NCc1ccc(OC)cc1)NCC(=O)N(C)C. The van der Waals surface area contributed by atoms with E-state index in [4.69, 9.17) is 4.74 Å². The first-order valence-corrected chi connectivity index (χ1v) is 8.92. The van der Waals surface area contributed by atoms with Crippen LogP contribution in [0.3, 0.4) is 0 Å². The topological polar surface area (TPSA) is 66.0 Å². The maximum absolute atomic E-state index is 11.8. The zero-order valence-electron chi connectivity index (χ0n) is 16.0. The van der Waals surface area contributed by atoms with Crippen molar-refractivity contribution in [1.29, 1.82) is 0 Å². The second-order valence-electron chi connectivity index (χ2n) is 6.14. The average Bonchev–Trinajstić information content (AvgIpc) is 2.63. The molecule has 6 heteroatoms. The molecule has 0 aliphatic carbocycles. The van der Waals surface area contributed by atoms with E-state index in [1.54, 1.807) is 26.1 Å². The zero-order chi connectivity index (χ0) is 18.5. The number of ether oxygens (including phenoxy) is 1. The number of hydrogen-bond acceptors (Lipinski definition) is 3. The molecular weight excluding hydrogens is 316 g/mol. The highest BCUT2D eigenvalue weighted by Gasteiger charge is 2.05. The van der Waals surface area contributed by atoms with Crippen molar-refractivity contribution in [3.8, 4) is 5.75 Å². The van der Waals surface area contributed by atoms with Crippen molar-refractivity contribution in [2.45, 2.75) is 39.2 Å². The molecule has 1 aromatic carbocycles. The van der Waals surface area contributed by atoms with E-state index in [1.807, 2.05) is 24.3 Å². The molecule has 0 aromatic heterocycles. The van der Waals surface area contributed by atoms with Crippen molar-refractivity contribution < 1.29 is 9.53 Å². The summed E-state index contributed by atoms with van der Waals surface area (Å²) in [7, 11) is 5.14. The monoisotopic (exact) mass is 348 g/mol. The number of nitrogens with zero attached hydrogens (tertiary/aromatic N) is 2. The quantitative estimate of drug-likeness (QED) is 0.387. The third-order valence-corrected chi connectivity index (χ3v) is 3.81. The Kier molecular flexibility index (Phi) is 10.1. The normalized spacial score (nSPS) is 11.1. The summed E-state index contributed by atoms with van der Waals surface area (Å²) in [5.41, 5.74) is 1.09. The van der Waals surface area contributed by atoms with Crippen molar-refractivity contribution in [2.24, 2.45) is 4.99 Å². The number of guanidine groups is 1. The molecule has 0 spiro atoms. The molecule has 0 saturated carbocycles. The van der Waals surface area contributed by atoms with E-state index in [0.29, 0.717) is 12.5 Å². The summed E-state index contributed by atoms with van der Waals surface area (Å²) < 4.78 is 5.16. The number of amides is 1. The summed E-state index contributed by atoms with van der Waals surface area (Å²) >= 11 is 0. The predicted molar refractivity (Wildman–Crippen MR) is 103 cm³/mol. The lowest BCUT2D eigenvalue weighted by atomic mass is 10.2. The van der Waals surface area contributed by atoms with Gasteiger partial charge < -0.3 is 20.3 Å². The van der Waals surface area contributed by atoms with E-state index in [9.17, 15) is 4.79 Å². The van der Waals surface area contributed by atoms with Gasteiger partial charge in [0, 0.05) is 20.6 Å². The molecule has 140 valence electrons. The molecule has 25 heavy (non-hydrogen) atoms. The first-order valence-electron chi connectivity index (χ1n) is 8.92. The van der Waals surface area contributed by atoms with Crippen LogP contribution in [-0.4, -0.2) is 51.1 Å². The molecule has 0 aliphatic rings. The second-order valence-corrected chi connectivity index (χ2v) is 6.14. The van der Waals surface area contributed by atoms with Crippen LogP contribution in [0.1, 0.15) is 38.2 Å². The van der Waals surface area contributed by atoms with Crippen LogP contribution in [0.5, 0.6) is 5.75 Å². The van der Waals surface area contributed by atoms with Crippen molar-refractivity contribution in [2.75, 3.05) is 34.3 Å². The number of rotatable bonds is 10. The average molecular weight is 348 g/mol. The summed E-state index contributed by atoms with van der Waals surface area (Å²) in [5.74, 6) is 1.52. The van der Waals surface area contributed by atoms with Crippen LogP contribution in [0.2, 0.25) is 0 Å². The Morgan fingerprint density at radius 2 is 1.84 bits per heavy atom. The van der Waals surface area contributed by atoms with Crippen LogP contribution in [0.15, 0.2) is 29.3 Å². The zero-order valence-corrected chi connectivity index (χ0v) is 16.0. The van der Waals surface area contributed by atoms with Crippen LogP contribution < -0.4 is 15.4 Å². The van der Waals surface area contributed by atoms with E-state index >= 15 is 0 Å². The highest BCUT2D eigenvalue weighted by Crippen LogP contribution is 2.11. The highest BCUT2D eigenvalue weighted by molar-refractivity contribution is 5.86. The van der Waals surface area contributed by atoms with E-state index in [2.05, 4.69) is 22.5 Å². The van der Waals surface area contributed by atoms with Gasteiger partial charge in [0.05, 0.1) is 20.2 Å². The molecule has 1 amide bonds. The number of hydrogen-bond donors (Lipinski definition) is 2. The van der Waals surface area contributed by atoms with E-state index in [-0.39, 0.29) is 12.5 Å². The number of methoxy groups -OCH3 is 1. The molecule has 1 aromatic rings. The van der Waals surface area contributed by atoms with Gasteiger partial charge in [-0.15, -0.1) is 0 Å². The molecule has 2 N–H and O–H groups in total. The molecule has 0 fully saturated rings. The molecule has 0 unspecified atom stereocenters. The van der Waals surface area contributed by atoms with Gasteiger partial charge in [0.25, 0.3) is 0 Å². The first-order chi connectivity index (χ1) is 12.1. The minimum Gasteiger partial charge on any atom is -0.497 e. The number of aliphatic imine (C=N–C) groups is 1.